The number of nitrogens with zero attached hydrogens (tertiary/aromatic N) is 4. The average molecular weight is 435 g/mol. The molecule has 1 saturated carbocycles. The highest BCUT2D eigenvalue weighted by atomic mass is 16.5. The smallest absolute Gasteiger partial charge is 0.249 e. The fraction of sp³-hybridized carbons (Fsp3) is 0.500. The summed E-state index contributed by atoms with van der Waals surface area (Å²) in [4.78, 5) is 21.1. The molecule has 5 rings (SSSR count). The number of amides is 1. The first kappa shape index (κ1) is 20.9. The maximum absolute atomic E-state index is 12.4. The lowest BCUT2D eigenvalue weighted by Gasteiger charge is -2.26. The van der Waals surface area contributed by atoms with E-state index in [4.69, 9.17) is 15.6 Å². The number of ether oxygens (including phenoxy) is 1. The largest absolute Gasteiger partial charge is 0.383 e. The van der Waals surface area contributed by atoms with E-state index < -0.39 is 0 Å². The zero-order chi connectivity index (χ0) is 22.1. The third-order valence-corrected chi connectivity index (χ3v) is 6.65. The predicted octanol–water partition coefficient (Wildman–Crippen LogP) is 3.76. The molecule has 0 radical (unpaired) electrons. The molecule has 2 unspecified atom stereocenters. The summed E-state index contributed by atoms with van der Waals surface area (Å²) in [6, 6.07) is 8.43. The van der Waals surface area contributed by atoms with Crippen molar-refractivity contribution < 1.29 is 9.53 Å². The van der Waals surface area contributed by atoms with Crippen molar-refractivity contribution in [1.82, 2.24) is 25.1 Å². The number of anilines is 1. The van der Waals surface area contributed by atoms with Crippen LogP contribution >= 0.6 is 0 Å². The number of carbonyl (C=O) groups is 1. The lowest BCUT2D eigenvalue weighted by Crippen LogP contribution is -2.40. The number of benzene rings is 1. The first-order chi connectivity index (χ1) is 15.6. The van der Waals surface area contributed by atoms with E-state index in [2.05, 4.69) is 15.3 Å². The highest BCUT2D eigenvalue weighted by molar-refractivity contribution is 5.98. The Morgan fingerprint density at radius 3 is 2.66 bits per heavy atom. The average Bonchev–Trinajstić information content (AvgIpc) is 3.46. The van der Waals surface area contributed by atoms with E-state index in [1.165, 1.54) is 19.2 Å². The molecule has 1 aliphatic heterocycles. The maximum Gasteiger partial charge on any atom is 0.249 e. The van der Waals surface area contributed by atoms with Gasteiger partial charge in [0.15, 0.2) is 5.65 Å². The Morgan fingerprint density at radius 1 is 1.12 bits per heavy atom. The maximum atomic E-state index is 12.4. The Balaban J connectivity index is 1.34. The minimum atomic E-state index is -0.341. The molecule has 3 heterocycles. The summed E-state index contributed by atoms with van der Waals surface area (Å²) in [5, 5.41) is 8.74. The second-order valence-corrected chi connectivity index (χ2v) is 8.97. The van der Waals surface area contributed by atoms with Gasteiger partial charge >= 0.3 is 0 Å². The van der Waals surface area contributed by atoms with Crippen molar-refractivity contribution in [2.24, 2.45) is 0 Å². The van der Waals surface area contributed by atoms with Crippen molar-refractivity contribution in [2.45, 2.75) is 76.7 Å². The molecular formula is C24H30N6O2. The van der Waals surface area contributed by atoms with Crippen LogP contribution in [0.4, 0.5) is 5.82 Å². The summed E-state index contributed by atoms with van der Waals surface area (Å²) < 4.78 is 7.80. The Kier molecular flexibility index (Phi) is 5.78. The minimum absolute atomic E-state index is 0.0353. The third-order valence-electron chi connectivity index (χ3n) is 6.65. The molecular weight excluding hydrogens is 404 g/mol. The first-order valence-electron chi connectivity index (χ1n) is 11.6. The monoisotopic (exact) mass is 434 g/mol. The predicted molar refractivity (Wildman–Crippen MR) is 123 cm³/mol. The molecule has 1 aliphatic carbocycles. The van der Waals surface area contributed by atoms with Gasteiger partial charge < -0.3 is 15.8 Å². The lowest BCUT2D eigenvalue weighted by molar-refractivity contribution is -0.140. The molecule has 0 bridgehead atoms. The molecule has 2 aliphatic rings. The topological polar surface area (TPSA) is 108 Å². The van der Waals surface area contributed by atoms with Crippen LogP contribution in [0.3, 0.4) is 0 Å². The molecule has 32 heavy (non-hydrogen) atoms. The molecule has 3 N–H and O–H groups in total. The quantitative estimate of drug-likeness (QED) is 0.633. The van der Waals surface area contributed by atoms with Crippen molar-refractivity contribution in [3.63, 3.8) is 0 Å². The molecule has 1 amide bonds. The van der Waals surface area contributed by atoms with Crippen LogP contribution in [0.1, 0.15) is 63.5 Å². The Labute approximate surface area is 187 Å². The van der Waals surface area contributed by atoms with Crippen LogP contribution in [-0.4, -0.2) is 37.9 Å². The van der Waals surface area contributed by atoms with Crippen LogP contribution in [0.15, 0.2) is 30.6 Å². The van der Waals surface area contributed by atoms with Crippen molar-refractivity contribution in [3.8, 4) is 11.3 Å². The number of fused-ring (bicyclic) bond motifs is 1. The third kappa shape index (κ3) is 4.07. The van der Waals surface area contributed by atoms with E-state index in [1.807, 2.05) is 35.9 Å². The summed E-state index contributed by atoms with van der Waals surface area (Å²) in [6.45, 7) is 2.49. The normalized spacial score (nSPS) is 21.8. The van der Waals surface area contributed by atoms with Gasteiger partial charge in [-0.2, -0.15) is 5.10 Å². The molecule has 2 fully saturated rings. The van der Waals surface area contributed by atoms with Crippen molar-refractivity contribution in [1.29, 1.82) is 0 Å². The van der Waals surface area contributed by atoms with Gasteiger partial charge in [0.1, 0.15) is 23.9 Å². The van der Waals surface area contributed by atoms with Gasteiger partial charge in [0.05, 0.1) is 17.5 Å². The molecule has 2 atom stereocenters. The standard InChI is InChI=1S/C24H30N6O2/c1-15-5-4-8-19(32-15)24(31)26-13-16-9-11-17(12-10-16)21-20-22(25)27-14-28-23(20)30(29-21)18-6-2-3-7-18/h9-12,14-15,18-19H,2-8,13H2,1H3,(H,26,31)(H2,25,27,28). The summed E-state index contributed by atoms with van der Waals surface area (Å²) in [6.07, 6.45) is 8.81. The summed E-state index contributed by atoms with van der Waals surface area (Å²) >= 11 is 0. The summed E-state index contributed by atoms with van der Waals surface area (Å²) in [7, 11) is 0. The van der Waals surface area contributed by atoms with Gasteiger partial charge in [0.2, 0.25) is 5.91 Å². The van der Waals surface area contributed by atoms with Crippen molar-refractivity contribution >= 4 is 22.8 Å². The van der Waals surface area contributed by atoms with E-state index in [-0.39, 0.29) is 18.1 Å². The van der Waals surface area contributed by atoms with Crippen LogP contribution in [0.2, 0.25) is 0 Å². The number of hydrogen-bond acceptors (Lipinski definition) is 6. The summed E-state index contributed by atoms with van der Waals surface area (Å²) in [5.41, 5.74) is 9.84. The van der Waals surface area contributed by atoms with Crippen molar-refractivity contribution in [3.05, 3.63) is 36.2 Å². The molecule has 1 saturated heterocycles. The van der Waals surface area contributed by atoms with Gasteiger partial charge in [-0.3, -0.25) is 4.79 Å². The molecule has 2 aromatic heterocycles. The van der Waals surface area contributed by atoms with Crippen LogP contribution in [0.25, 0.3) is 22.3 Å². The molecule has 8 heteroatoms. The molecule has 0 spiro atoms. The SMILES string of the molecule is CC1CCCC(C(=O)NCc2ccc(-c3nn(C4CCCC4)c4ncnc(N)c34)cc2)O1. The number of nitrogens with two attached hydrogens (primary N) is 1. The molecule has 3 aromatic rings. The first-order valence-corrected chi connectivity index (χ1v) is 11.6. The van der Waals surface area contributed by atoms with Gasteiger partial charge in [0.25, 0.3) is 0 Å². The number of rotatable bonds is 5. The number of nitrogen functional groups attached to an aromatic ring is 1. The van der Waals surface area contributed by atoms with Gasteiger partial charge in [-0.05, 0) is 44.6 Å². The Bertz CT molecular complexity index is 1100. The fourth-order valence-corrected chi connectivity index (χ4v) is 4.88. The second kappa shape index (κ2) is 8.86. The Hall–Kier alpha value is -3.00. The second-order valence-electron chi connectivity index (χ2n) is 8.97. The van der Waals surface area contributed by atoms with E-state index in [0.29, 0.717) is 18.4 Å². The zero-order valence-corrected chi connectivity index (χ0v) is 18.5. The van der Waals surface area contributed by atoms with Gasteiger partial charge in [0, 0.05) is 12.1 Å². The Morgan fingerprint density at radius 2 is 1.91 bits per heavy atom. The number of aromatic nitrogens is 4. The van der Waals surface area contributed by atoms with Crippen LogP contribution in [0, 0.1) is 0 Å². The highest BCUT2D eigenvalue weighted by Crippen LogP contribution is 2.36. The molecule has 168 valence electrons. The fourth-order valence-electron chi connectivity index (χ4n) is 4.88. The van der Waals surface area contributed by atoms with E-state index >= 15 is 0 Å². The highest BCUT2D eigenvalue weighted by Gasteiger charge is 2.26. The van der Waals surface area contributed by atoms with E-state index in [0.717, 1.165) is 60.0 Å². The summed E-state index contributed by atoms with van der Waals surface area (Å²) in [5.74, 6) is 0.416. The van der Waals surface area contributed by atoms with E-state index in [9.17, 15) is 4.79 Å². The molecule has 8 nitrogen and oxygen atoms in total. The van der Waals surface area contributed by atoms with Crippen LogP contribution < -0.4 is 11.1 Å². The zero-order valence-electron chi connectivity index (χ0n) is 18.5. The van der Waals surface area contributed by atoms with Gasteiger partial charge in [-0.25, -0.2) is 14.6 Å². The lowest BCUT2D eigenvalue weighted by atomic mass is 10.0. The number of nitrogens with one attached hydrogen (secondary N) is 1. The number of carbonyl (C=O) groups excluding carboxylic acids is 1. The van der Waals surface area contributed by atoms with Gasteiger partial charge in [-0.15, -0.1) is 0 Å². The molecule has 1 aromatic carbocycles. The number of hydrogen-bond donors (Lipinski definition) is 2. The minimum Gasteiger partial charge on any atom is -0.383 e. The van der Waals surface area contributed by atoms with E-state index in [1.54, 1.807) is 0 Å². The van der Waals surface area contributed by atoms with Gasteiger partial charge in [-0.1, -0.05) is 37.1 Å². The van der Waals surface area contributed by atoms with Crippen molar-refractivity contribution in [2.75, 3.05) is 5.73 Å². The van der Waals surface area contributed by atoms with Crippen LogP contribution in [0.5, 0.6) is 0 Å². The van der Waals surface area contributed by atoms with Crippen LogP contribution in [-0.2, 0) is 16.1 Å².